The number of rotatable bonds is 6. The summed E-state index contributed by atoms with van der Waals surface area (Å²) in [7, 11) is 0. The highest BCUT2D eigenvalue weighted by atomic mass is 35.5. The van der Waals surface area contributed by atoms with Crippen LogP contribution in [0, 0.1) is 0 Å². The number of hydrogen-bond acceptors (Lipinski definition) is 6. The fourth-order valence-corrected chi connectivity index (χ4v) is 4.44. The van der Waals surface area contributed by atoms with Crippen LogP contribution in [-0.2, 0) is 6.54 Å². The number of nitrogens with one attached hydrogen (secondary N) is 1. The monoisotopic (exact) mass is 435 g/mol. The molecule has 3 heterocycles. The quantitative estimate of drug-likeness (QED) is 0.352. The Bertz CT molecular complexity index is 1350. The molecule has 0 bridgehead atoms. The van der Waals surface area contributed by atoms with E-state index in [4.69, 9.17) is 22.1 Å². The Morgan fingerprint density at radius 1 is 1.10 bits per heavy atom. The van der Waals surface area contributed by atoms with Crippen LogP contribution in [0.4, 0.5) is 11.5 Å². The topological polar surface area (TPSA) is 78.0 Å². The molecule has 0 radical (unpaired) electrons. The number of nitrogens with zero attached hydrogens (tertiary/aromatic N) is 3. The van der Waals surface area contributed by atoms with Gasteiger partial charge in [0.15, 0.2) is 5.82 Å². The number of ether oxygens (including phenoxy) is 1. The Kier molecular flexibility index (Phi) is 5.00. The fourth-order valence-electron chi connectivity index (χ4n) is 3.42. The first-order valence-corrected chi connectivity index (χ1v) is 10.7. The van der Waals surface area contributed by atoms with Crippen LogP contribution in [-0.4, -0.2) is 21.1 Å². The zero-order valence-corrected chi connectivity index (χ0v) is 17.5. The molecule has 0 atom stereocenters. The maximum absolute atomic E-state index is 6.53. The average molecular weight is 436 g/mol. The number of halogens is 1. The number of aromatic nitrogens is 3. The van der Waals surface area contributed by atoms with E-state index in [1.165, 1.54) is 11.0 Å². The fraction of sp³-hybridized carbons (Fsp3) is 0.0909. The molecule has 0 spiro atoms. The lowest BCUT2D eigenvalue weighted by molar-refractivity contribution is 0.489. The number of benzene rings is 2. The zero-order chi connectivity index (χ0) is 20.5. The van der Waals surface area contributed by atoms with E-state index in [1.54, 1.807) is 11.3 Å². The molecule has 150 valence electrons. The van der Waals surface area contributed by atoms with Crippen molar-refractivity contribution in [3.05, 3.63) is 71.5 Å². The van der Waals surface area contributed by atoms with Gasteiger partial charge in [-0.15, -0.1) is 11.3 Å². The molecule has 30 heavy (non-hydrogen) atoms. The maximum Gasteiger partial charge on any atom is 0.158 e. The molecule has 0 aliphatic carbocycles. The summed E-state index contributed by atoms with van der Waals surface area (Å²) in [5, 5.41) is 6.97. The lowest BCUT2D eigenvalue weighted by Gasteiger charge is -2.12. The summed E-state index contributed by atoms with van der Waals surface area (Å²) < 4.78 is 9.31. The predicted molar refractivity (Wildman–Crippen MR) is 123 cm³/mol. The Hall–Kier alpha value is -3.13. The minimum Gasteiger partial charge on any atom is -0.455 e. The van der Waals surface area contributed by atoms with Gasteiger partial charge in [-0.25, -0.2) is 9.97 Å². The van der Waals surface area contributed by atoms with Crippen LogP contribution in [0.1, 0.15) is 0 Å². The minimum absolute atomic E-state index is 0.509. The van der Waals surface area contributed by atoms with E-state index in [1.807, 2.05) is 47.2 Å². The molecule has 6 nitrogen and oxygen atoms in total. The van der Waals surface area contributed by atoms with Crippen molar-refractivity contribution in [2.45, 2.75) is 6.54 Å². The Labute approximate surface area is 181 Å². The number of fused-ring (bicyclic) bond motifs is 2. The highest BCUT2D eigenvalue weighted by Gasteiger charge is 2.12. The van der Waals surface area contributed by atoms with Gasteiger partial charge < -0.3 is 20.4 Å². The summed E-state index contributed by atoms with van der Waals surface area (Å²) in [4.78, 5) is 8.74. The van der Waals surface area contributed by atoms with Crippen molar-refractivity contribution in [2.75, 3.05) is 11.9 Å². The molecule has 0 amide bonds. The molecule has 0 unspecified atom stereocenters. The summed E-state index contributed by atoms with van der Waals surface area (Å²) in [5.41, 5.74) is 8.30. The third-order valence-corrected chi connectivity index (χ3v) is 5.97. The molecule has 8 heteroatoms. The van der Waals surface area contributed by atoms with Crippen LogP contribution < -0.4 is 15.8 Å². The lowest BCUT2D eigenvalue weighted by Crippen LogP contribution is -2.10. The van der Waals surface area contributed by atoms with Crippen LogP contribution in [0.15, 0.2) is 66.4 Å². The van der Waals surface area contributed by atoms with Crippen LogP contribution in [0.25, 0.3) is 21.1 Å². The summed E-state index contributed by atoms with van der Waals surface area (Å²) in [6.45, 7) is 1.22. The lowest BCUT2D eigenvalue weighted by atomic mass is 10.2. The first-order chi connectivity index (χ1) is 14.7. The Morgan fingerprint density at radius 2 is 2.03 bits per heavy atom. The Balaban J connectivity index is 1.44. The second-order valence-electron chi connectivity index (χ2n) is 6.71. The molecule has 0 fully saturated rings. The van der Waals surface area contributed by atoms with E-state index in [-0.39, 0.29) is 0 Å². The molecule has 3 N–H and O–H groups in total. The molecule has 3 aromatic heterocycles. The molecule has 0 aliphatic rings. The number of thiophene rings is 1. The van der Waals surface area contributed by atoms with Gasteiger partial charge in [0.05, 0.1) is 10.5 Å². The maximum atomic E-state index is 6.53. The second-order valence-corrected chi connectivity index (χ2v) is 8.07. The minimum atomic E-state index is 0.509. The molecule has 0 saturated heterocycles. The third kappa shape index (κ3) is 3.47. The van der Waals surface area contributed by atoms with Gasteiger partial charge in [0, 0.05) is 35.1 Å². The molecular weight excluding hydrogens is 418 g/mol. The first kappa shape index (κ1) is 18.9. The summed E-state index contributed by atoms with van der Waals surface area (Å²) in [5.74, 6) is 2.08. The van der Waals surface area contributed by atoms with Crippen LogP contribution in [0.5, 0.6) is 11.5 Å². The molecule has 0 aliphatic heterocycles. The van der Waals surface area contributed by atoms with Gasteiger partial charge in [-0.05, 0) is 47.8 Å². The van der Waals surface area contributed by atoms with Gasteiger partial charge in [0.2, 0.25) is 0 Å². The van der Waals surface area contributed by atoms with Gasteiger partial charge in [-0.2, -0.15) is 0 Å². The highest BCUT2D eigenvalue weighted by molar-refractivity contribution is 7.17. The van der Waals surface area contributed by atoms with E-state index < -0.39 is 0 Å². The van der Waals surface area contributed by atoms with Crippen LogP contribution >= 0.6 is 22.9 Å². The van der Waals surface area contributed by atoms with E-state index in [9.17, 15) is 0 Å². The number of hydrogen-bond donors (Lipinski definition) is 2. The zero-order valence-electron chi connectivity index (χ0n) is 15.9. The normalized spacial score (nSPS) is 11.3. The van der Waals surface area contributed by atoms with Gasteiger partial charge >= 0.3 is 0 Å². The van der Waals surface area contributed by atoms with Crippen molar-refractivity contribution in [1.29, 1.82) is 0 Å². The second kappa shape index (κ2) is 7.95. The van der Waals surface area contributed by atoms with Crippen molar-refractivity contribution < 1.29 is 4.74 Å². The molecule has 0 saturated carbocycles. The third-order valence-electron chi connectivity index (χ3n) is 4.79. The van der Waals surface area contributed by atoms with Gasteiger partial charge in [-0.3, -0.25) is 0 Å². The highest BCUT2D eigenvalue weighted by Crippen LogP contribution is 2.37. The first-order valence-electron chi connectivity index (χ1n) is 9.43. The average Bonchev–Trinajstić information content (AvgIpc) is 3.39. The van der Waals surface area contributed by atoms with E-state index in [2.05, 4.69) is 32.8 Å². The summed E-state index contributed by atoms with van der Waals surface area (Å²) in [6.07, 6.45) is 3.50. The summed E-state index contributed by atoms with van der Waals surface area (Å²) >= 11 is 8.21. The number of anilines is 2. The van der Waals surface area contributed by atoms with Crippen LogP contribution in [0.2, 0.25) is 5.02 Å². The smallest absolute Gasteiger partial charge is 0.158 e. The standard InChI is InChI=1S/C22H18ClN5OS/c23-16-12-14(27-22-21-17(25-13-26-22)6-9-28(21)10-8-24)4-5-19(16)29-18-2-1-3-20-15(18)7-11-30-20/h1-7,9,11-13H,8,10,24H2,(H,25,26,27). The SMILES string of the molecule is NCCn1ccc2ncnc(Nc3ccc(Oc4cccc5sccc45)c(Cl)c3)c21. The molecular formula is C22H18ClN5OS. The Morgan fingerprint density at radius 3 is 2.90 bits per heavy atom. The van der Waals surface area contributed by atoms with E-state index in [0.29, 0.717) is 29.7 Å². The van der Waals surface area contributed by atoms with Crippen LogP contribution in [0.3, 0.4) is 0 Å². The molecule has 5 aromatic rings. The van der Waals surface area contributed by atoms with Crippen molar-refractivity contribution in [1.82, 2.24) is 14.5 Å². The predicted octanol–water partition coefficient (Wildman–Crippen LogP) is 5.79. The largest absolute Gasteiger partial charge is 0.455 e. The number of nitrogens with two attached hydrogens (primary N) is 1. The van der Waals surface area contributed by atoms with Crippen molar-refractivity contribution in [3.8, 4) is 11.5 Å². The van der Waals surface area contributed by atoms with E-state index >= 15 is 0 Å². The van der Waals surface area contributed by atoms with E-state index in [0.717, 1.165) is 27.9 Å². The van der Waals surface area contributed by atoms with Gasteiger partial charge in [-0.1, -0.05) is 17.7 Å². The molecule has 2 aromatic carbocycles. The van der Waals surface area contributed by atoms with Gasteiger partial charge in [0.25, 0.3) is 0 Å². The van der Waals surface area contributed by atoms with Crippen molar-refractivity contribution in [2.24, 2.45) is 5.73 Å². The van der Waals surface area contributed by atoms with Gasteiger partial charge in [0.1, 0.15) is 23.3 Å². The summed E-state index contributed by atoms with van der Waals surface area (Å²) in [6, 6.07) is 15.6. The molecule has 5 rings (SSSR count). The van der Waals surface area contributed by atoms with Crippen molar-refractivity contribution in [3.63, 3.8) is 0 Å². The van der Waals surface area contributed by atoms with Crippen molar-refractivity contribution >= 4 is 55.6 Å².